The number of esters is 2. The van der Waals surface area contributed by atoms with Crippen molar-refractivity contribution in [2.24, 2.45) is 57.2 Å². The molecule has 90 heavy (non-hydrogen) atoms. The molecule has 19 rings (SSSR count). The van der Waals surface area contributed by atoms with Crippen LogP contribution in [-0.2, 0) is 61.8 Å². The normalized spacial score (nSPS) is 50.0. The van der Waals surface area contributed by atoms with Crippen LogP contribution in [0.25, 0.3) is 0 Å². The highest BCUT2D eigenvalue weighted by molar-refractivity contribution is 5.87. The van der Waals surface area contributed by atoms with E-state index in [2.05, 4.69) is 76.2 Å². The van der Waals surface area contributed by atoms with Crippen molar-refractivity contribution in [2.75, 3.05) is 0 Å². The number of rotatable bonds is 2. The Labute approximate surface area is 542 Å². The summed E-state index contributed by atoms with van der Waals surface area (Å²) in [4.78, 5) is 47.8. The molecule has 0 N–H and O–H groups in total. The van der Waals surface area contributed by atoms with Gasteiger partial charge in [0, 0.05) is 61.2 Å². The fourth-order valence-corrected chi connectivity index (χ4v) is 23.1. The minimum atomic E-state index is -0.172. The van der Waals surface area contributed by atoms with Gasteiger partial charge in [-0.05, 0) is 212 Å². The van der Waals surface area contributed by atoms with Crippen molar-refractivity contribution in [3.63, 3.8) is 0 Å². The summed E-state index contributed by atoms with van der Waals surface area (Å²) in [6, 6.07) is 0. The third kappa shape index (κ3) is 12.1. The molecule has 0 aromatic heterocycles. The van der Waals surface area contributed by atoms with Gasteiger partial charge in [-0.15, -0.1) is 0 Å². The van der Waals surface area contributed by atoms with Crippen molar-refractivity contribution >= 4 is 23.5 Å². The van der Waals surface area contributed by atoms with Gasteiger partial charge in [-0.25, -0.2) is 0 Å². The highest BCUT2D eigenvalue weighted by Gasteiger charge is 2.78. The molecule has 0 bridgehead atoms. The highest BCUT2D eigenvalue weighted by Crippen LogP contribution is 2.75. The molecule has 19 fully saturated rings. The summed E-state index contributed by atoms with van der Waals surface area (Å²) < 4.78 is 51.0. The Kier molecular flexibility index (Phi) is 17.7. The van der Waals surface area contributed by atoms with Crippen LogP contribution in [0.1, 0.15) is 308 Å². The van der Waals surface area contributed by atoms with E-state index in [0.29, 0.717) is 107 Å². The quantitative estimate of drug-likeness (QED) is 0.189. The summed E-state index contributed by atoms with van der Waals surface area (Å²) in [5.74, 6) is 4.39. The van der Waals surface area contributed by atoms with Crippen molar-refractivity contribution in [3.8, 4) is 0 Å². The van der Waals surface area contributed by atoms with E-state index in [0.717, 1.165) is 103 Å². The van der Waals surface area contributed by atoms with Crippen LogP contribution >= 0.6 is 0 Å². The van der Waals surface area contributed by atoms with Crippen molar-refractivity contribution in [1.82, 2.24) is 0 Å². The number of hydrogen-bond donors (Lipinski definition) is 0. The summed E-state index contributed by atoms with van der Waals surface area (Å²) >= 11 is 0. The SMILES string of the molecule is C1CCC2OC2C1.CC(=O)OC1CCC2(C)C3CCC4(C)C(=O)CCC4C3CC3O[C@@]32C1.CC(=O)OC1CCC2(C)C3CCC4(C)C(=O)CCC4C3CC3O[C@]32C1.CC1(C)OC1(C)C.CC12CCCCC1O2.CC1OC12CCCCC2.CC1OC12CCCCC2. The van der Waals surface area contributed by atoms with Gasteiger partial charge in [-0.3, -0.25) is 19.2 Å². The zero-order valence-corrected chi connectivity index (χ0v) is 58.5. The lowest BCUT2D eigenvalue weighted by molar-refractivity contribution is -0.158. The second kappa shape index (κ2) is 23.9. The van der Waals surface area contributed by atoms with Crippen LogP contribution < -0.4 is 0 Å². The molecule has 7 saturated heterocycles. The monoisotopic (exact) mass is 1250 g/mol. The number of ether oxygens (including phenoxy) is 9. The first-order valence-corrected chi connectivity index (χ1v) is 37.7. The number of hydrogen-bond acceptors (Lipinski definition) is 13. The van der Waals surface area contributed by atoms with E-state index < -0.39 is 0 Å². The third-order valence-electron chi connectivity index (χ3n) is 30.0. The molecule has 0 radical (unpaired) electrons. The van der Waals surface area contributed by atoms with Crippen molar-refractivity contribution < 1.29 is 61.8 Å². The zero-order chi connectivity index (χ0) is 63.9. The average molecular weight is 1260 g/mol. The standard InChI is InChI=1S/2C21H30O4.2C8H14O.C7H12O.C6H10O.C6H12O/c2*1-12(22)24-13-6-9-20(3)16-7-8-19(2)15(4-5-17(19)23)14(16)10-18-21(20,11-13)25-18;2*1-7-8(9-7)5-3-2-4-6-8;1-7-5-3-2-4-6(7)8-7;1-2-4-6-5(3-1)7-6;1-5(2)6(3,4)7-5/h2*13-16,18H,4-11H2,1-3H3;2*7H,2-6H2,1H3;6H,2-5H2,1H3;5-6H,1-4H2;1-4H3/t2*13?,14?,15?,16?,18?,19?,20?,21-;;;;;/m10...../s1. The molecule has 12 aliphatic carbocycles. The molecule has 508 valence electrons. The number of carbonyl (C=O) groups excluding carboxylic acids is 4. The third-order valence-corrected chi connectivity index (χ3v) is 30.0. The molecule has 13 heteroatoms. The van der Waals surface area contributed by atoms with Gasteiger partial charge >= 0.3 is 11.9 Å². The first-order chi connectivity index (χ1) is 42.5. The summed E-state index contributed by atoms with van der Waals surface area (Å²) in [5.41, 5.74) is 1.51. The predicted molar refractivity (Wildman–Crippen MR) is 344 cm³/mol. The second-order valence-electron chi connectivity index (χ2n) is 35.4. The number of carbonyl (C=O) groups is 4. The van der Waals surface area contributed by atoms with Gasteiger partial charge in [0.25, 0.3) is 0 Å². The zero-order valence-electron chi connectivity index (χ0n) is 58.5. The van der Waals surface area contributed by atoms with E-state index >= 15 is 0 Å². The molecule has 0 aromatic rings. The Morgan fingerprint density at radius 1 is 0.422 bits per heavy atom. The molecule has 0 amide bonds. The molecule has 7 aliphatic heterocycles. The Balaban J connectivity index is 0.000000104. The molecule has 12 saturated carbocycles. The summed E-state index contributed by atoms with van der Waals surface area (Å²) in [6.45, 7) is 27.4. The van der Waals surface area contributed by atoms with Gasteiger partial charge < -0.3 is 42.6 Å². The summed E-state index contributed by atoms with van der Waals surface area (Å²) in [6.07, 6.45) is 44.7. The fourth-order valence-electron chi connectivity index (χ4n) is 23.1. The number of Topliss-reactive ketones (excluding diaryl/α,β-unsaturated/α-hetero) is 2. The van der Waals surface area contributed by atoms with Crippen LogP contribution in [0.5, 0.6) is 0 Å². The maximum absolute atomic E-state index is 12.5. The molecule has 7 heterocycles. The number of epoxide rings is 7. The molecule has 13 nitrogen and oxygen atoms in total. The summed E-state index contributed by atoms with van der Waals surface area (Å²) in [5, 5.41) is 0. The van der Waals surface area contributed by atoms with Crippen molar-refractivity contribution in [1.29, 1.82) is 0 Å². The molecule has 20 unspecified atom stereocenters. The topological polar surface area (TPSA) is 174 Å². The number of fused-ring (bicyclic) bond motifs is 10. The molecule has 19 aliphatic rings. The largest absolute Gasteiger partial charge is 0.462 e. The minimum absolute atomic E-state index is 0.0223. The summed E-state index contributed by atoms with van der Waals surface area (Å²) in [7, 11) is 0. The smallest absolute Gasteiger partial charge is 0.302 e. The van der Waals surface area contributed by atoms with Gasteiger partial charge in [0.2, 0.25) is 0 Å². The molecule has 22 atom stereocenters. The van der Waals surface area contributed by atoms with Crippen LogP contribution in [0.15, 0.2) is 0 Å². The lowest BCUT2D eigenvalue weighted by atomic mass is 9.45. The fraction of sp³-hybridized carbons (Fsp3) is 0.948. The lowest BCUT2D eigenvalue weighted by Gasteiger charge is -2.58. The Hall–Kier alpha value is -2.00. The average Bonchev–Trinajstić information content (AvgIpc) is 1.49. The van der Waals surface area contributed by atoms with Crippen molar-refractivity contribution in [2.45, 2.75) is 402 Å². The maximum atomic E-state index is 12.5. The second-order valence-corrected chi connectivity index (χ2v) is 35.4. The van der Waals surface area contributed by atoms with E-state index in [9.17, 15) is 19.2 Å². The number of ketones is 2. The Bertz CT molecular complexity index is 2510. The Morgan fingerprint density at radius 3 is 1.13 bits per heavy atom. The van der Waals surface area contributed by atoms with Gasteiger partial charge in [0.1, 0.15) is 35.0 Å². The predicted octanol–water partition coefficient (Wildman–Crippen LogP) is 16.2. The van der Waals surface area contributed by atoms with Crippen LogP contribution in [0.3, 0.4) is 0 Å². The van der Waals surface area contributed by atoms with E-state index in [1.54, 1.807) is 0 Å². The highest BCUT2D eigenvalue weighted by atomic mass is 16.6. The van der Waals surface area contributed by atoms with Gasteiger partial charge in [0.15, 0.2) is 0 Å². The maximum Gasteiger partial charge on any atom is 0.302 e. The van der Waals surface area contributed by atoms with Gasteiger partial charge in [0.05, 0.1) is 70.7 Å². The van der Waals surface area contributed by atoms with E-state index in [1.807, 2.05) is 0 Å². The van der Waals surface area contributed by atoms with Crippen molar-refractivity contribution in [3.05, 3.63) is 0 Å². The first kappa shape index (κ1) is 66.6. The van der Waals surface area contributed by atoms with Crippen LogP contribution in [0, 0.1) is 57.2 Å². The van der Waals surface area contributed by atoms with E-state index in [1.165, 1.54) is 129 Å². The molecule has 4 spiro atoms. The molecule has 0 aromatic carbocycles. The van der Waals surface area contributed by atoms with E-state index in [-0.39, 0.29) is 68.2 Å². The molecular weight excluding hydrogens is 1130 g/mol. The first-order valence-electron chi connectivity index (χ1n) is 37.7. The van der Waals surface area contributed by atoms with Crippen LogP contribution in [0.4, 0.5) is 0 Å². The molecular formula is C77H122O13. The Morgan fingerprint density at radius 2 is 0.811 bits per heavy atom. The van der Waals surface area contributed by atoms with E-state index in [4.69, 9.17) is 42.6 Å². The minimum Gasteiger partial charge on any atom is -0.462 e. The lowest BCUT2D eigenvalue weighted by Crippen LogP contribution is -2.58. The van der Waals surface area contributed by atoms with Crippen LogP contribution in [-0.4, -0.2) is 118 Å². The van der Waals surface area contributed by atoms with Gasteiger partial charge in [-0.2, -0.15) is 0 Å². The van der Waals surface area contributed by atoms with Gasteiger partial charge in [-0.1, -0.05) is 91.9 Å². The van der Waals surface area contributed by atoms with Crippen LogP contribution in [0.2, 0.25) is 0 Å².